The maximum absolute atomic E-state index is 12.9. The topological polar surface area (TPSA) is 32.3 Å². The zero-order valence-corrected chi connectivity index (χ0v) is 12.9. The minimum atomic E-state index is -0.246. The number of carbonyl (C=O) groups excluding carboxylic acids is 1. The largest absolute Gasteiger partial charge is 0.341 e. The molecule has 1 saturated carbocycles. The van der Waals surface area contributed by atoms with Crippen molar-refractivity contribution in [1.29, 1.82) is 0 Å². The van der Waals surface area contributed by atoms with E-state index in [4.69, 9.17) is 0 Å². The van der Waals surface area contributed by atoms with E-state index in [0.29, 0.717) is 11.9 Å². The zero-order valence-electron chi connectivity index (χ0n) is 12.9. The smallest absolute Gasteiger partial charge is 0.242 e. The lowest BCUT2D eigenvalue weighted by molar-refractivity contribution is -0.139. The molecule has 1 aliphatic carbocycles. The Morgan fingerprint density at radius 1 is 1.37 bits per heavy atom. The fourth-order valence-corrected chi connectivity index (χ4v) is 3.99. The maximum atomic E-state index is 12.9. The first-order valence-electron chi connectivity index (χ1n) is 8.11. The zero-order chi connectivity index (χ0) is 13.9. The summed E-state index contributed by atoms with van der Waals surface area (Å²) in [5.41, 5.74) is -0.246. The Labute approximate surface area is 118 Å². The van der Waals surface area contributed by atoms with Crippen LogP contribution in [0.15, 0.2) is 0 Å². The highest BCUT2D eigenvalue weighted by molar-refractivity contribution is 5.86. The molecule has 2 rings (SSSR count). The van der Waals surface area contributed by atoms with Crippen LogP contribution in [0, 0.1) is 5.92 Å². The molecule has 19 heavy (non-hydrogen) atoms. The first-order valence-corrected chi connectivity index (χ1v) is 8.11. The Morgan fingerprint density at radius 2 is 2.16 bits per heavy atom. The second-order valence-corrected chi connectivity index (χ2v) is 6.70. The van der Waals surface area contributed by atoms with Crippen molar-refractivity contribution in [1.82, 2.24) is 10.2 Å². The van der Waals surface area contributed by atoms with Gasteiger partial charge in [0.2, 0.25) is 5.91 Å². The van der Waals surface area contributed by atoms with Gasteiger partial charge in [0.1, 0.15) is 0 Å². The standard InChI is InChI=1S/C16H30N2O/c1-4-9-16(10-6-11-17-16)15(19)18(3)14-8-5-7-13(2)12-14/h13-14,17H,4-12H2,1-3H3. The first kappa shape index (κ1) is 14.8. The highest BCUT2D eigenvalue weighted by atomic mass is 16.2. The number of hydrogen-bond acceptors (Lipinski definition) is 2. The molecule has 3 nitrogen and oxygen atoms in total. The summed E-state index contributed by atoms with van der Waals surface area (Å²) >= 11 is 0. The van der Waals surface area contributed by atoms with Crippen molar-refractivity contribution >= 4 is 5.91 Å². The fourth-order valence-electron chi connectivity index (χ4n) is 3.99. The van der Waals surface area contributed by atoms with E-state index in [9.17, 15) is 4.79 Å². The van der Waals surface area contributed by atoms with Gasteiger partial charge in [-0.3, -0.25) is 4.79 Å². The minimum Gasteiger partial charge on any atom is -0.341 e. The van der Waals surface area contributed by atoms with E-state index in [-0.39, 0.29) is 5.54 Å². The number of rotatable bonds is 4. The lowest BCUT2D eigenvalue weighted by Crippen LogP contribution is -2.56. The summed E-state index contributed by atoms with van der Waals surface area (Å²) in [6, 6.07) is 0.465. The van der Waals surface area contributed by atoms with Crippen molar-refractivity contribution in [2.45, 2.75) is 76.8 Å². The molecule has 1 saturated heterocycles. The molecule has 110 valence electrons. The van der Waals surface area contributed by atoms with Crippen molar-refractivity contribution in [3.05, 3.63) is 0 Å². The van der Waals surface area contributed by atoms with Crippen LogP contribution in [0.3, 0.4) is 0 Å². The summed E-state index contributed by atoms with van der Waals surface area (Å²) in [5, 5.41) is 3.51. The van der Waals surface area contributed by atoms with Crippen LogP contribution < -0.4 is 5.32 Å². The maximum Gasteiger partial charge on any atom is 0.242 e. The first-order chi connectivity index (χ1) is 9.09. The van der Waals surface area contributed by atoms with Crippen LogP contribution >= 0.6 is 0 Å². The summed E-state index contributed by atoms with van der Waals surface area (Å²) in [4.78, 5) is 15.0. The van der Waals surface area contributed by atoms with E-state index >= 15 is 0 Å². The van der Waals surface area contributed by atoms with Crippen LogP contribution in [-0.2, 0) is 4.79 Å². The lowest BCUT2D eigenvalue weighted by Gasteiger charge is -2.39. The monoisotopic (exact) mass is 266 g/mol. The summed E-state index contributed by atoms with van der Waals surface area (Å²) in [7, 11) is 2.03. The average molecular weight is 266 g/mol. The SMILES string of the molecule is CCCC1(C(=O)N(C)C2CCCC(C)C2)CCCN1. The van der Waals surface area contributed by atoms with Gasteiger partial charge in [0, 0.05) is 13.1 Å². The summed E-state index contributed by atoms with van der Waals surface area (Å²) in [6.45, 7) is 5.50. The third-order valence-corrected chi connectivity index (χ3v) is 5.11. The highest BCUT2D eigenvalue weighted by Crippen LogP contribution is 2.31. The van der Waals surface area contributed by atoms with Crippen molar-refractivity contribution in [3.63, 3.8) is 0 Å². The Morgan fingerprint density at radius 3 is 2.74 bits per heavy atom. The second-order valence-electron chi connectivity index (χ2n) is 6.70. The molecule has 0 spiro atoms. The van der Waals surface area contributed by atoms with E-state index in [1.54, 1.807) is 0 Å². The molecule has 3 atom stereocenters. The van der Waals surface area contributed by atoms with Gasteiger partial charge in [0.25, 0.3) is 0 Å². The van der Waals surface area contributed by atoms with Gasteiger partial charge in [-0.25, -0.2) is 0 Å². The van der Waals surface area contributed by atoms with Gasteiger partial charge < -0.3 is 10.2 Å². The van der Waals surface area contributed by atoms with E-state index in [1.807, 2.05) is 7.05 Å². The van der Waals surface area contributed by atoms with Gasteiger partial charge in [-0.2, -0.15) is 0 Å². The molecule has 0 aromatic heterocycles. The molecular weight excluding hydrogens is 236 g/mol. The van der Waals surface area contributed by atoms with Gasteiger partial charge in [-0.1, -0.05) is 33.1 Å². The molecule has 1 amide bonds. The predicted octanol–water partition coefficient (Wildman–Crippen LogP) is 2.95. The number of nitrogens with one attached hydrogen (secondary N) is 1. The van der Waals surface area contributed by atoms with Crippen LogP contribution in [0.2, 0.25) is 0 Å². The second kappa shape index (κ2) is 6.25. The fraction of sp³-hybridized carbons (Fsp3) is 0.938. The average Bonchev–Trinajstić information content (AvgIpc) is 2.87. The van der Waals surface area contributed by atoms with E-state index in [2.05, 4.69) is 24.1 Å². The Balaban J connectivity index is 2.04. The van der Waals surface area contributed by atoms with Gasteiger partial charge >= 0.3 is 0 Å². The third-order valence-electron chi connectivity index (χ3n) is 5.11. The molecule has 2 aliphatic rings. The third kappa shape index (κ3) is 3.13. The number of carbonyl (C=O) groups is 1. The number of likely N-dealkylation sites (N-methyl/N-ethyl adjacent to an activating group) is 1. The molecule has 2 fully saturated rings. The van der Waals surface area contributed by atoms with E-state index in [1.165, 1.54) is 25.7 Å². The van der Waals surface area contributed by atoms with E-state index < -0.39 is 0 Å². The van der Waals surface area contributed by atoms with E-state index in [0.717, 1.165) is 38.1 Å². The molecular formula is C16H30N2O. The number of hydrogen-bond donors (Lipinski definition) is 1. The molecule has 1 heterocycles. The van der Waals surface area contributed by atoms with Gasteiger partial charge in [0.05, 0.1) is 5.54 Å². The molecule has 0 bridgehead atoms. The van der Waals surface area contributed by atoms with Gasteiger partial charge in [0.15, 0.2) is 0 Å². The van der Waals surface area contributed by atoms with Crippen LogP contribution in [0.5, 0.6) is 0 Å². The van der Waals surface area contributed by atoms with Crippen molar-refractivity contribution in [2.75, 3.05) is 13.6 Å². The normalized spacial score (nSPS) is 35.3. The molecule has 3 unspecified atom stereocenters. The van der Waals surface area contributed by atoms with Crippen molar-refractivity contribution in [2.24, 2.45) is 5.92 Å². The lowest BCUT2D eigenvalue weighted by atomic mass is 9.84. The Bertz CT molecular complexity index is 310. The van der Waals surface area contributed by atoms with Crippen LogP contribution in [0.1, 0.15) is 65.2 Å². The molecule has 0 radical (unpaired) electrons. The number of nitrogens with zero attached hydrogens (tertiary/aromatic N) is 1. The predicted molar refractivity (Wildman–Crippen MR) is 79.1 cm³/mol. The molecule has 0 aromatic rings. The van der Waals surface area contributed by atoms with Crippen LogP contribution in [0.4, 0.5) is 0 Å². The van der Waals surface area contributed by atoms with Gasteiger partial charge in [-0.15, -0.1) is 0 Å². The minimum absolute atomic E-state index is 0.246. The number of amides is 1. The summed E-state index contributed by atoms with van der Waals surface area (Å²) in [6.07, 6.45) is 9.20. The Hall–Kier alpha value is -0.570. The van der Waals surface area contributed by atoms with Gasteiger partial charge in [-0.05, 0) is 44.6 Å². The summed E-state index contributed by atoms with van der Waals surface area (Å²) in [5.74, 6) is 1.12. The van der Waals surface area contributed by atoms with Crippen LogP contribution in [-0.4, -0.2) is 36.0 Å². The molecule has 0 aromatic carbocycles. The summed E-state index contributed by atoms with van der Waals surface area (Å²) < 4.78 is 0. The quantitative estimate of drug-likeness (QED) is 0.848. The van der Waals surface area contributed by atoms with Crippen molar-refractivity contribution < 1.29 is 4.79 Å². The van der Waals surface area contributed by atoms with Crippen LogP contribution in [0.25, 0.3) is 0 Å². The molecule has 1 aliphatic heterocycles. The van der Waals surface area contributed by atoms with Crippen molar-refractivity contribution in [3.8, 4) is 0 Å². The highest BCUT2D eigenvalue weighted by Gasteiger charge is 2.43. The molecule has 3 heteroatoms. The Kier molecular flexibility index (Phi) is 4.88. The molecule has 1 N–H and O–H groups in total.